The molecule has 3 aliphatic rings. The van der Waals surface area contributed by atoms with E-state index in [0.29, 0.717) is 12.8 Å². The summed E-state index contributed by atoms with van der Waals surface area (Å²) in [6.45, 7) is 1.65. The van der Waals surface area contributed by atoms with E-state index in [0.717, 1.165) is 77.0 Å². The standard InChI is InChI=1S/C99H177NO18/c1-3-5-7-9-11-13-15-17-19-21-23-25-27-29-31-33-35-37-38-39-40-41-42-43-44-45-47-49-51-53-55-57-59-61-63-65-67-69-71-73-75-77-87(105)100-82(83(104)76-74-72-70-68-66-64-62-60-58-56-54-52-50-48-46-36-34-32-30-28-26-24-22-20-18-16-14-12-10-8-6-4-2)81-113-97-93(111)90(108)95(85(79-102)115-97)118-99-94(112)91(109)96(86(80-103)116-99)117-98-92(110)89(107)88(106)84(78-101)114-98/h5,7,11,13,17,19,23,25,29,31,58,60,66,68,74,76,82-86,88-99,101-104,106-112H,3-4,6,8-10,12,14-16,18,20-22,24,26-28,30,32-57,59,61-65,67,69-73,75,77-81H2,1-2H3,(H,100,105)/b7-5-,13-11-,19-17-,25-23-,31-29-,60-58+,68-66+,76-74+. The second-order valence-electron chi connectivity index (χ2n) is 34.1. The van der Waals surface area contributed by atoms with Crippen molar-refractivity contribution >= 4 is 5.91 Å². The molecule has 19 heteroatoms. The minimum Gasteiger partial charge on any atom is -0.394 e. The van der Waals surface area contributed by atoms with E-state index in [1.165, 1.54) is 283 Å². The van der Waals surface area contributed by atoms with Gasteiger partial charge in [-0.2, -0.15) is 0 Å². The summed E-state index contributed by atoms with van der Waals surface area (Å²) in [4.78, 5) is 13.5. The molecule has 0 radical (unpaired) electrons. The van der Waals surface area contributed by atoms with Crippen LogP contribution in [0.25, 0.3) is 0 Å². The maximum Gasteiger partial charge on any atom is 0.220 e. The predicted molar refractivity (Wildman–Crippen MR) is 480 cm³/mol. The molecule has 118 heavy (non-hydrogen) atoms. The maximum atomic E-state index is 13.5. The van der Waals surface area contributed by atoms with E-state index in [4.69, 9.17) is 28.4 Å². The van der Waals surface area contributed by atoms with Crippen LogP contribution in [0.4, 0.5) is 0 Å². The highest BCUT2D eigenvalue weighted by molar-refractivity contribution is 5.76. The molecule has 0 bridgehead atoms. The van der Waals surface area contributed by atoms with Crippen LogP contribution in [0.15, 0.2) is 97.2 Å². The van der Waals surface area contributed by atoms with Crippen molar-refractivity contribution in [2.45, 2.75) is 497 Å². The van der Waals surface area contributed by atoms with Crippen LogP contribution in [0.3, 0.4) is 0 Å². The van der Waals surface area contributed by atoms with E-state index in [1.54, 1.807) is 6.08 Å². The van der Waals surface area contributed by atoms with Gasteiger partial charge >= 0.3 is 0 Å². The first-order valence-electron chi connectivity index (χ1n) is 48.5. The van der Waals surface area contributed by atoms with Crippen LogP contribution in [-0.2, 0) is 33.2 Å². The van der Waals surface area contributed by atoms with Crippen molar-refractivity contribution in [3.63, 3.8) is 0 Å². The Morgan fingerprint density at radius 3 is 0.949 bits per heavy atom. The summed E-state index contributed by atoms with van der Waals surface area (Å²) in [6, 6.07) is -1.00. The molecule has 17 atom stereocenters. The Bertz CT molecular complexity index is 2500. The topological polar surface area (TPSA) is 307 Å². The first kappa shape index (κ1) is 109. The van der Waals surface area contributed by atoms with Crippen molar-refractivity contribution in [2.75, 3.05) is 26.4 Å². The number of unbranched alkanes of at least 4 members (excludes halogenated alkanes) is 49. The SMILES string of the molecule is CC/C=C\C/C=C\C/C=C\C/C=C\C/C=C\CCCCCCCCCCCCCCCCCCCCCCCCCCCC(=O)NC(COC1OC(CO)C(OC2OC(CO)C(OC3OC(CO)C(O)C(O)C3O)C(O)C2O)C(O)C1O)C(O)/C=C/CC/C=C/CC/C=C/CCCCCCCCCCCCCCCCCCCCCCCC. The first-order valence-corrected chi connectivity index (χ1v) is 48.5. The third kappa shape index (κ3) is 54.5. The molecule has 0 aromatic carbocycles. The zero-order chi connectivity index (χ0) is 85.2. The van der Waals surface area contributed by atoms with Crippen molar-refractivity contribution in [2.24, 2.45) is 0 Å². The molecule has 1 amide bonds. The zero-order valence-electron chi connectivity index (χ0n) is 74.4. The van der Waals surface area contributed by atoms with E-state index in [1.807, 2.05) is 6.08 Å². The van der Waals surface area contributed by atoms with Gasteiger partial charge in [0, 0.05) is 6.42 Å². The van der Waals surface area contributed by atoms with Gasteiger partial charge in [0.15, 0.2) is 18.9 Å². The summed E-state index contributed by atoms with van der Waals surface area (Å²) in [5.41, 5.74) is 0. The van der Waals surface area contributed by atoms with Crippen molar-refractivity contribution in [3.05, 3.63) is 97.2 Å². The monoisotopic (exact) mass is 1670 g/mol. The minimum absolute atomic E-state index is 0.232. The van der Waals surface area contributed by atoms with Gasteiger partial charge in [-0.15, -0.1) is 0 Å². The highest BCUT2D eigenvalue weighted by Gasteiger charge is 2.54. The third-order valence-corrected chi connectivity index (χ3v) is 23.6. The van der Waals surface area contributed by atoms with Crippen molar-refractivity contribution in [1.29, 1.82) is 0 Å². The van der Waals surface area contributed by atoms with Crippen LogP contribution in [0.2, 0.25) is 0 Å². The number of allylic oxidation sites excluding steroid dienone is 15. The van der Waals surface area contributed by atoms with Crippen LogP contribution in [-0.4, -0.2) is 193 Å². The third-order valence-electron chi connectivity index (χ3n) is 23.6. The molecule has 0 spiro atoms. The van der Waals surface area contributed by atoms with Gasteiger partial charge < -0.3 is 89.9 Å². The number of carbonyl (C=O) groups excluding carboxylic acids is 1. The molecular formula is C99H177NO18. The minimum atomic E-state index is -1.99. The van der Waals surface area contributed by atoms with Crippen LogP contribution >= 0.6 is 0 Å². The molecule has 3 heterocycles. The molecule has 17 unspecified atom stereocenters. The molecule has 0 aliphatic carbocycles. The number of carbonyl (C=O) groups is 1. The average Bonchev–Trinajstić information content (AvgIpc) is 0.777. The smallest absolute Gasteiger partial charge is 0.220 e. The summed E-state index contributed by atoms with van der Waals surface area (Å²) in [5, 5.41) is 121. The number of aliphatic hydroxyl groups is 11. The van der Waals surface area contributed by atoms with Gasteiger partial charge in [0.1, 0.15) is 73.2 Å². The fourth-order valence-electron chi connectivity index (χ4n) is 16.0. The number of hydrogen-bond donors (Lipinski definition) is 12. The largest absolute Gasteiger partial charge is 0.394 e. The van der Waals surface area contributed by atoms with Crippen LogP contribution in [0.1, 0.15) is 393 Å². The van der Waals surface area contributed by atoms with Gasteiger partial charge in [0.05, 0.1) is 38.6 Å². The molecule has 0 saturated carbocycles. The number of nitrogens with one attached hydrogen (secondary N) is 1. The van der Waals surface area contributed by atoms with Crippen LogP contribution in [0.5, 0.6) is 0 Å². The number of ether oxygens (including phenoxy) is 6. The Kier molecular flexibility index (Phi) is 71.3. The Morgan fingerprint density at radius 1 is 0.314 bits per heavy atom. The van der Waals surface area contributed by atoms with Gasteiger partial charge in [0.25, 0.3) is 0 Å². The average molecular weight is 1670 g/mol. The van der Waals surface area contributed by atoms with E-state index in [9.17, 15) is 61.0 Å². The van der Waals surface area contributed by atoms with Gasteiger partial charge in [-0.05, 0) is 89.9 Å². The summed E-state index contributed by atoms with van der Waals surface area (Å²) >= 11 is 0. The van der Waals surface area contributed by atoms with E-state index < -0.39 is 124 Å². The molecule has 19 nitrogen and oxygen atoms in total. The predicted octanol–water partition coefficient (Wildman–Crippen LogP) is 19.8. The van der Waals surface area contributed by atoms with Gasteiger partial charge in [0.2, 0.25) is 5.91 Å². The van der Waals surface area contributed by atoms with E-state index >= 15 is 0 Å². The maximum absolute atomic E-state index is 13.5. The lowest BCUT2D eigenvalue weighted by Gasteiger charge is -2.48. The number of rotatable bonds is 79. The van der Waals surface area contributed by atoms with Crippen LogP contribution < -0.4 is 5.32 Å². The van der Waals surface area contributed by atoms with Gasteiger partial charge in [-0.1, -0.05) is 394 Å². The highest BCUT2D eigenvalue weighted by atomic mass is 16.8. The zero-order valence-corrected chi connectivity index (χ0v) is 74.4. The Hall–Kier alpha value is -3.29. The van der Waals surface area contributed by atoms with Gasteiger partial charge in [-0.3, -0.25) is 4.79 Å². The number of amides is 1. The van der Waals surface area contributed by atoms with Crippen molar-refractivity contribution in [1.82, 2.24) is 5.32 Å². The van der Waals surface area contributed by atoms with E-state index in [-0.39, 0.29) is 18.9 Å². The fourth-order valence-corrected chi connectivity index (χ4v) is 16.0. The van der Waals surface area contributed by atoms with Crippen molar-refractivity contribution in [3.8, 4) is 0 Å². The Balaban J connectivity index is 1.30. The van der Waals surface area contributed by atoms with Gasteiger partial charge in [-0.25, -0.2) is 0 Å². The molecule has 3 fully saturated rings. The molecular weight excluding hydrogens is 1490 g/mol. The fraction of sp³-hybridized carbons (Fsp3) is 0.828. The van der Waals surface area contributed by atoms with E-state index in [2.05, 4.69) is 104 Å². The van der Waals surface area contributed by atoms with Crippen molar-refractivity contribution < 1.29 is 89.4 Å². The molecule has 12 N–H and O–H groups in total. The Morgan fingerprint density at radius 2 is 0.593 bits per heavy atom. The molecule has 0 aromatic heterocycles. The highest BCUT2D eigenvalue weighted by Crippen LogP contribution is 2.34. The summed E-state index contributed by atoms with van der Waals surface area (Å²) < 4.78 is 34.5. The number of hydrogen-bond acceptors (Lipinski definition) is 18. The molecule has 3 saturated heterocycles. The first-order chi connectivity index (χ1) is 57.8. The second-order valence-corrected chi connectivity index (χ2v) is 34.1. The lowest BCUT2D eigenvalue weighted by atomic mass is 9.96. The lowest BCUT2D eigenvalue weighted by Crippen LogP contribution is -2.66. The summed E-state index contributed by atoms with van der Waals surface area (Å²) in [7, 11) is 0. The second kappa shape index (κ2) is 77.3. The Labute approximate surface area is 717 Å². The summed E-state index contributed by atoms with van der Waals surface area (Å²) in [6.07, 6.45) is 81.6. The molecule has 3 rings (SSSR count). The van der Waals surface area contributed by atoms with Crippen LogP contribution in [0, 0.1) is 0 Å². The molecule has 0 aromatic rings. The quantitative estimate of drug-likeness (QED) is 0.0199. The summed E-state index contributed by atoms with van der Waals surface area (Å²) in [5.74, 6) is -0.284. The normalized spacial score (nSPS) is 24.7. The molecule has 3 aliphatic heterocycles. The number of aliphatic hydroxyl groups excluding tert-OH is 11. The lowest BCUT2D eigenvalue weighted by molar-refractivity contribution is -0.379. The molecule has 686 valence electrons.